The summed E-state index contributed by atoms with van der Waals surface area (Å²) in [6.07, 6.45) is 1.70. The van der Waals surface area contributed by atoms with Crippen molar-refractivity contribution in [3.63, 3.8) is 0 Å². The number of aromatic nitrogens is 4. The number of para-hydroxylation sites is 1. The van der Waals surface area contributed by atoms with Crippen LogP contribution < -0.4 is 5.32 Å². The molecule has 0 saturated heterocycles. The lowest BCUT2D eigenvalue weighted by Crippen LogP contribution is -2.24. The van der Waals surface area contributed by atoms with Gasteiger partial charge in [0.1, 0.15) is 0 Å². The summed E-state index contributed by atoms with van der Waals surface area (Å²) in [6.45, 7) is 4.19. The Kier molecular flexibility index (Phi) is 4.14. The maximum absolute atomic E-state index is 12.3. The van der Waals surface area contributed by atoms with Crippen molar-refractivity contribution >= 4 is 5.91 Å². The fourth-order valence-electron chi connectivity index (χ4n) is 2.33. The van der Waals surface area contributed by atoms with Crippen molar-refractivity contribution in [2.45, 2.75) is 20.4 Å². The molecular weight excluding hydrogens is 290 g/mol. The SMILES string of the molecule is Cc1ccccc1-n1nnc(C(=O)NCc2ccccn2)c1C. The molecule has 6 nitrogen and oxygen atoms in total. The van der Waals surface area contributed by atoms with E-state index in [0.29, 0.717) is 17.9 Å². The maximum Gasteiger partial charge on any atom is 0.274 e. The van der Waals surface area contributed by atoms with Gasteiger partial charge in [-0.2, -0.15) is 0 Å². The minimum Gasteiger partial charge on any atom is -0.345 e. The lowest BCUT2D eigenvalue weighted by Gasteiger charge is -2.07. The number of hydrogen-bond donors (Lipinski definition) is 1. The molecule has 2 aromatic heterocycles. The van der Waals surface area contributed by atoms with Crippen LogP contribution in [0.4, 0.5) is 0 Å². The molecule has 116 valence electrons. The van der Waals surface area contributed by atoms with Crippen LogP contribution in [-0.4, -0.2) is 25.9 Å². The zero-order valence-electron chi connectivity index (χ0n) is 13.0. The van der Waals surface area contributed by atoms with Gasteiger partial charge in [0.15, 0.2) is 5.69 Å². The molecule has 0 aliphatic carbocycles. The number of carbonyl (C=O) groups excluding carboxylic acids is 1. The molecule has 3 rings (SSSR count). The number of amides is 1. The molecule has 0 aliphatic heterocycles. The van der Waals surface area contributed by atoms with E-state index in [1.807, 2.05) is 56.3 Å². The average Bonchev–Trinajstić information content (AvgIpc) is 2.95. The summed E-state index contributed by atoms with van der Waals surface area (Å²) in [4.78, 5) is 16.5. The van der Waals surface area contributed by atoms with Crippen molar-refractivity contribution < 1.29 is 4.79 Å². The van der Waals surface area contributed by atoms with Gasteiger partial charge in [-0.05, 0) is 37.6 Å². The van der Waals surface area contributed by atoms with Gasteiger partial charge in [0.25, 0.3) is 5.91 Å². The zero-order chi connectivity index (χ0) is 16.2. The van der Waals surface area contributed by atoms with Gasteiger partial charge in [0.2, 0.25) is 0 Å². The van der Waals surface area contributed by atoms with Crippen molar-refractivity contribution in [2.24, 2.45) is 0 Å². The Morgan fingerprint density at radius 2 is 1.91 bits per heavy atom. The van der Waals surface area contributed by atoms with E-state index in [0.717, 1.165) is 16.9 Å². The average molecular weight is 307 g/mol. The molecule has 0 fully saturated rings. The largest absolute Gasteiger partial charge is 0.345 e. The van der Waals surface area contributed by atoms with Crippen LogP contribution in [0.5, 0.6) is 0 Å². The smallest absolute Gasteiger partial charge is 0.274 e. The van der Waals surface area contributed by atoms with E-state index < -0.39 is 0 Å². The highest BCUT2D eigenvalue weighted by atomic mass is 16.2. The molecule has 1 amide bonds. The molecular formula is C17H17N5O. The standard InChI is InChI=1S/C17H17N5O/c1-12-7-3-4-9-15(12)22-13(2)16(20-21-22)17(23)19-11-14-8-5-6-10-18-14/h3-10H,11H2,1-2H3,(H,19,23). The number of nitrogens with one attached hydrogen (secondary N) is 1. The van der Waals surface area contributed by atoms with Crippen LogP contribution in [0.25, 0.3) is 5.69 Å². The van der Waals surface area contributed by atoms with Gasteiger partial charge in [-0.1, -0.05) is 29.5 Å². The number of nitrogens with zero attached hydrogens (tertiary/aromatic N) is 4. The predicted octanol–water partition coefficient (Wildman–Crippen LogP) is 2.21. The van der Waals surface area contributed by atoms with E-state index in [4.69, 9.17) is 0 Å². The highest BCUT2D eigenvalue weighted by Gasteiger charge is 2.17. The second kappa shape index (κ2) is 6.39. The maximum atomic E-state index is 12.3. The highest BCUT2D eigenvalue weighted by molar-refractivity contribution is 5.93. The molecule has 0 atom stereocenters. The summed E-state index contributed by atoms with van der Waals surface area (Å²) in [5, 5.41) is 11.0. The van der Waals surface area contributed by atoms with Crippen LogP contribution in [-0.2, 0) is 6.54 Å². The van der Waals surface area contributed by atoms with Gasteiger partial charge in [-0.3, -0.25) is 9.78 Å². The highest BCUT2D eigenvalue weighted by Crippen LogP contribution is 2.15. The lowest BCUT2D eigenvalue weighted by atomic mass is 10.2. The Bertz CT molecular complexity index is 826. The summed E-state index contributed by atoms with van der Waals surface area (Å²) in [7, 11) is 0. The first kappa shape index (κ1) is 14.9. The first-order valence-corrected chi connectivity index (χ1v) is 7.33. The van der Waals surface area contributed by atoms with E-state index in [9.17, 15) is 4.79 Å². The molecule has 0 radical (unpaired) electrons. The monoisotopic (exact) mass is 307 g/mol. The molecule has 0 aliphatic rings. The second-order valence-electron chi connectivity index (χ2n) is 5.23. The van der Waals surface area contributed by atoms with E-state index in [1.165, 1.54) is 0 Å². The Balaban J connectivity index is 1.79. The molecule has 2 heterocycles. The number of aryl methyl sites for hydroxylation is 1. The number of pyridine rings is 1. The number of benzene rings is 1. The summed E-state index contributed by atoms with van der Waals surface area (Å²) in [5.74, 6) is -0.256. The van der Waals surface area contributed by atoms with Crippen molar-refractivity contribution in [1.29, 1.82) is 0 Å². The second-order valence-corrected chi connectivity index (χ2v) is 5.23. The third kappa shape index (κ3) is 3.11. The lowest BCUT2D eigenvalue weighted by molar-refractivity contribution is 0.0944. The van der Waals surface area contributed by atoms with E-state index in [1.54, 1.807) is 10.9 Å². The van der Waals surface area contributed by atoms with Gasteiger partial charge in [0, 0.05) is 6.20 Å². The zero-order valence-corrected chi connectivity index (χ0v) is 13.0. The Labute approximate surface area is 134 Å². The van der Waals surface area contributed by atoms with Crippen molar-refractivity contribution in [1.82, 2.24) is 25.3 Å². The van der Waals surface area contributed by atoms with Crippen LogP contribution in [0, 0.1) is 13.8 Å². The van der Waals surface area contributed by atoms with Crippen LogP contribution in [0.3, 0.4) is 0 Å². The topological polar surface area (TPSA) is 72.7 Å². The summed E-state index contributed by atoms with van der Waals surface area (Å²) < 4.78 is 1.69. The van der Waals surface area contributed by atoms with Gasteiger partial charge in [-0.25, -0.2) is 4.68 Å². The number of carbonyl (C=O) groups is 1. The van der Waals surface area contributed by atoms with E-state index in [2.05, 4.69) is 20.6 Å². The third-order valence-electron chi connectivity index (χ3n) is 3.61. The fourth-order valence-corrected chi connectivity index (χ4v) is 2.33. The van der Waals surface area contributed by atoms with Crippen LogP contribution in [0.15, 0.2) is 48.7 Å². The molecule has 0 bridgehead atoms. The summed E-state index contributed by atoms with van der Waals surface area (Å²) in [5.41, 5.74) is 3.81. The van der Waals surface area contributed by atoms with Gasteiger partial charge in [0.05, 0.1) is 23.6 Å². The van der Waals surface area contributed by atoms with Gasteiger partial charge >= 0.3 is 0 Å². The molecule has 0 saturated carbocycles. The van der Waals surface area contributed by atoms with E-state index >= 15 is 0 Å². The van der Waals surface area contributed by atoms with Crippen molar-refractivity contribution in [3.8, 4) is 5.69 Å². The number of hydrogen-bond acceptors (Lipinski definition) is 4. The van der Waals surface area contributed by atoms with Crippen LogP contribution >= 0.6 is 0 Å². The fraction of sp³-hybridized carbons (Fsp3) is 0.176. The predicted molar refractivity (Wildman–Crippen MR) is 86.2 cm³/mol. The first-order valence-electron chi connectivity index (χ1n) is 7.33. The molecule has 1 N–H and O–H groups in total. The quantitative estimate of drug-likeness (QED) is 0.802. The van der Waals surface area contributed by atoms with Crippen molar-refractivity contribution in [2.75, 3.05) is 0 Å². The normalized spacial score (nSPS) is 10.5. The van der Waals surface area contributed by atoms with Crippen LogP contribution in [0.1, 0.15) is 27.4 Å². The minimum absolute atomic E-state index is 0.256. The molecule has 6 heteroatoms. The first-order chi connectivity index (χ1) is 11.2. The van der Waals surface area contributed by atoms with Gasteiger partial charge < -0.3 is 5.32 Å². The number of rotatable bonds is 4. The molecule has 0 unspecified atom stereocenters. The summed E-state index contributed by atoms with van der Waals surface area (Å²) in [6, 6.07) is 13.4. The van der Waals surface area contributed by atoms with Gasteiger partial charge in [-0.15, -0.1) is 5.10 Å². The Morgan fingerprint density at radius 1 is 1.13 bits per heavy atom. The van der Waals surface area contributed by atoms with Crippen molar-refractivity contribution in [3.05, 3.63) is 71.3 Å². The minimum atomic E-state index is -0.256. The Morgan fingerprint density at radius 3 is 2.65 bits per heavy atom. The summed E-state index contributed by atoms with van der Waals surface area (Å²) >= 11 is 0. The molecule has 3 aromatic rings. The molecule has 23 heavy (non-hydrogen) atoms. The Hall–Kier alpha value is -3.02. The third-order valence-corrected chi connectivity index (χ3v) is 3.61. The van der Waals surface area contributed by atoms with Crippen LogP contribution in [0.2, 0.25) is 0 Å². The molecule has 0 spiro atoms. The molecule has 1 aromatic carbocycles. The van der Waals surface area contributed by atoms with E-state index in [-0.39, 0.29) is 5.91 Å².